The lowest BCUT2D eigenvalue weighted by Crippen LogP contribution is -2.44. The number of anilines is 1. The Morgan fingerprint density at radius 1 is 1.26 bits per heavy atom. The molecule has 0 spiro atoms. The first kappa shape index (κ1) is 24.8. The molecule has 4 rings (SSSR count). The molecular weight excluding hydrogens is 470 g/mol. The lowest BCUT2D eigenvalue weighted by atomic mass is 10.00. The van der Waals surface area contributed by atoms with E-state index in [2.05, 4.69) is 23.6 Å². The van der Waals surface area contributed by atoms with Gasteiger partial charge in [-0.3, -0.25) is 9.10 Å². The Morgan fingerprint density at radius 3 is 2.71 bits per heavy atom. The van der Waals surface area contributed by atoms with Gasteiger partial charge in [0, 0.05) is 29.7 Å². The summed E-state index contributed by atoms with van der Waals surface area (Å²) in [7, 11) is -1.95. The molecule has 1 saturated carbocycles. The number of hydrogen-bond donors (Lipinski definition) is 2. The van der Waals surface area contributed by atoms with Crippen molar-refractivity contribution in [3.05, 3.63) is 70.3 Å². The van der Waals surface area contributed by atoms with Crippen LogP contribution >= 0.6 is 11.6 Å². The topological polar surface area (TPSA) is 78.5 Å². The average Bonchev–Trinajstić information content (AvgIpc) is 3.33. The third kappa shape index (κ3) is 6.20. The normalized spacial score (nSPS) is 24.4. The minimum Gasteiger partial charge on any atom is -0.348 e. The highest BCUT2D eigenvalue weighted by Gasteiger charge is 2.30. The van der Waals surface area contributed by atoms with E-state index in [1.807, 2.05) is 36.4 Å². The summed E-state index contributed by atoms with van der Waals surface area (Å²) in [6, 6.07) is 13.1. The number of nitrogens with one attached hydrogen (secondary N) is 2. The standard InChI is InChI=1S/C26H32ClN3O3S/c1-17-11-20(17)8-7-19-12-21(16-23(14-19)30(2)34(3,32)33)26(31)29-24-9-10-28-25(24)15-18-5-4-6-22(27)13-18/h4-8,12-14,16-17,20,24-25,28H,9-11,15H2,1-3H3,(H,29,31)/t17-,20-,24+,25-/m0/s1. The minimum absolute atomic E-state index is 0.0333. The monoisotopic (exact) mass is 501 g/mol. The number of hydrogen-bond acceptors (Lipinski definition) is 4. The maximum Gasteiger partial charge on any atom is 0.251 e. The van der Waals surface area contributed by atoms with Gasteiger partial charge in [0.05, 0.1) is 11.9 Å². The summed E-state index contributed by atoms with van der Waals surface area (Å²) in [4.78, 5) is 13.3. The summed E-state index contributed by atoms with van der Waals surface area (Å²) >= 11 is 6.13. The number of sulfonamides is 1. The van der Waals surface area contributed by atoms with E-state index < -0.39 is 10.0 Å². The highest BCUT2D eigenvalue weighted by Crippen LogP contribution is 2.39. The Bertz CT molecular complexity index is 1200. The third-order valence-electron chi connectivity index (χ3n) is 6.78. The number of allylic oxidation sites excluding steroid dienone is 1. The van der Waals surface area contributed by atoms with Gasteiger partial charge in [-0.1, -0.05) is 42.8 Å². The molecule has 0 unspecified atom stereocenters. The number of nitrogens with zero attached hydrogens (tertiary/aromatic N) is 1. The van der Waals surface area contributed by atoms with Gasteiger partial charge in [0.2, 0.25) is 10.0 Å². The Kier molecular flexibility index (Phi) is 7.36. The maximum atomic E-state index is 13.3. The van der Waals surface area contributed by atoms with Crippen molar-refractivity contribution in [1.82, 2.24) is 10.6 Å². The van der Waals surface area contributed by atoms with E-state index in [1.165, 1.54) is 11.4 Å². The number of benzene rings is 2. The largest absolute Gasteiger partial charge is 0.348 e. The summed E-state index contributed by atoms with van der Waals surface area (Å²) < 4.78 is 25.5. The molecule has 0 aromatic heterocycles. The zero-order valence-corrected chi connectivity index (χ0v) is 21.4. The van der Waals surface area contributed by atoms with Crippen molar-refractivity contribution in [2.75, 3.05) is 24.2 Å². The van der Waals surface area contributed by atoms with E-state index in [1.54, 1.807) is 12.1 Å². The number of rotatable bonds is 8. The van der Waals surface area contributed by atoms with E-state index in [0.717, 1.165) is 43.2 Å². The van der Waals surface area contributed by atoms with Gasteiger partial charge in [-0.2, -0.15) is 0 Å². The van der Waals surface area contributed by atoms with Gasteiger partial charge in [-0.15, -0.1) is 0 Å². The van der Waals surface area contributed by atoms with E-state index in [9.17, 15) is 13.2 Å². The van der Waals surface area contributed by atoms with E-state index in [4.69, 9.17) is 11.6 Å². The molecule has 8 heteroatoms. The van der Waals surface area contributed by atoms with Crippen LogP contribution in [0.25, 0.3) is 6.08 Å². The molecule has 4 atom stereocenters. The van der Waals surface area contributed by atoms with Crippen LogP contribution < -0.4 is 14.9 Å². The number of carbonyl (C=O) groups excluding carboxylic acids is 1. The molecular formula is C26H32ClN3O3S. The lowest BCUT2D eigenvalue weighted by molar-refractivity contribution is 0.0933. The van der Waals surface area contributed by atoms with Gasteiger partial charge in [0.25, 0.3) is 5.91 Å². The molecule has 182 valence electrons. The fraction of sp³-hybridized carbons (Fsp3) is 0.423. The van der Waals surface area contributed by atoms with Crippen LogP contribution in [-0.2, 0) is 16.4 Å². The SMILES string of the molecule is C[C@H]1C[C@@H]1C=Cc1cc(C(=O)N[C@@H]2CCN[C@H]2Cc2cccc(Cl)c2)cc(N(C)S(C)(=O)=O)c1. The van der Waals surface area contributed by atoms with Gasteiger partial charge in [0.15, 0.2) is 0 Å². The van der Waals surface area contributed by atoms with Crippen molar-refractivity contribution in [3.63, 3.8) is 0 Å². The second-order valence-electron chi connectivity index (χ2n) is 9.54. The van der Waals surface area contributed by atoms with Crippen molar-refractivity contribution in [2.45, 2.75) is 38.3 Å². The first-order valence-electron chi connectivity index (χ1n) is 11.7. The molecule has 2 aromatic carbocycles. The van der Waals surface area contributed by atoms with Crippen molar-refractivity contribution in [2.24, 2.45) is 11.8 Å². The molecule has 2 fully saturated rings. The molecule has 1 heterocycles. The summed E-state index contributed by atoms with van der Waals surface area (Å²) in [5, 5.41) is 7.35. The molecule has 2 N–H and O–H groups in total. The molecule has 1 aliphatic carbocycles. The zero-order chi connectivity index (χ0) is 24.5. The molecule has 1 amide bonds. The predicted octanol–water partition coefficient (Wildman–Crippen LogP) is 4.11. The van der Waals surface area contributed by atoms with E-state index >= 15 is 0 Å². The van der Waals surface area contributed by atoms with Gasteiger partial charge < -0.3 is 10.6 Å². The van der Waals surface area contributed by atoms with Crippen molar-refractivity contribution < 1.29 is 13.2 Å². The summed E-state index contributed by atoms with van der Waals surface area (Å²) in [6.07, 6.45) is 8.04. The molecule has 2 aromatic rings. The molecule has 6 nitrogen and oxygen atoms in total. The maximum absolute atomic E-state index is 13.3. The minimum atomic E-state index is -3.46. The van der Waals surface area contributed by atoms with Crippen LogP contribution in [-0.4, -0.2) is 46.3 Å². The Hall–Kier alpha value is -2.35. The quantitative estimate of drug-likeness (QED) is 0.570. The Labute approximate surface area is 207 Å². The second kappa shape index (κ2) is 10.1. The van der Waals surface area contributed by atoms with Gasteiger partial charge >= 0.3 is 0 Å². The summed E-state index contributed by atoms with van der Waals surface area (Å²) in [6.45, 7) is 3.03. The van der Waals surface area contributed by atoms with E-state index in [-0.39, 0.29) is 18.0 Å². The number of halogens is 1. The average molecular weight is 502 g/mol. The van der Waals surface area contributed by atoms with Gasteiger partial charge in [0.1, 0.15) is 0 Å². The third-order valence-corrected chi connectivity index (χ3v) is 8.22. The fourth-order valence-electron chi connectivity index (χ4n) is 4.41. The van der Waals surface area contributed by atoms with Gasteiger partial charge in [-0.25, -0.2) is 8.42 Å². The fourth-order valence-corrected chi connectivity index (χ4v) is 5.11. The number of carbonyl (C=O) groups is 1. The van der Waals surface area contributed by atoms with Crippen LogP contribution in [0, 0.1) is 11.8 Å². The molecule has 0 bridgehead atoms. The van der Waals surface area contributed by atoms with Gasteiger partial charge in [-0.05, 0) is 79.1 Å². The molecule has 1 saturated heterocycles. The number of amides is 1. The molecule has 34 heavy (non-hydrogen) atoms. The lowest BCUT2D eigenvalue weighted by Gasteiger charge is -2.22. The van der Waals surface area contributed by atoms with Crippen LogP contribution in [0.2, 0.25) is 5.02 Å². The van der Waals surface area contributed by atoms with E-state index in [0.29, 0.717) is 28.1 Å². The van der Waals surface area contributed by atoms with Crippen molar-refractivity contribution in [3.8, 4) is 0 Å². The van der Waals surface area contributed by atoms with Crippen molar-refractivity contribution >= 4 is 39.3 Å². The summed E-state index contributed by atoms with van der Waals surface area (Å²) in [5.41, 5.74) is 2.85. The predicted molar refractivity (Wildman–Crippen MR) is 139 cm³/mol. The Morgan fingerprint density at radius 2 is 2.03 bits per heavy atom. The van der Waals surface area contributed by atoms with Crippen molar-refractivity contribution in [1.29, 1.82) is 0 Å². The highest BCUT2D eigenvalue weighted by molar-refractivity contribution is 7.92. The molecule has 0 radical (unpaired) electrons. The Balaban J connectivity index is 1.54. The summed E-state index contributed by atoms with van der Waals surface area (Å²) in [5.74, 6) is 1.01. The first-order chi connectivity index (χ1) is 16.1. The highest BCUT2D eigenvalue weighted by atomic mass is 35.5. The van der Waals surface area contributed by atoms with Crippen LogP contribution in [0.4, 0.5) is 5.69 Å². The smallest absolute Gasteiger partial charge is 0.251 e. The first-order valence-corrected chi connectivity index (χ1v) is 13.9. The van der Waals surface area contributed by atoms with Crippen LogP contribution in [0.5, 0.6) is 0 Å². The molecule has 1 aliphatic heterocycles. The zero-order valence-electron chi connectivity index (χ0n) is 19.8. The van der Waals surface area contributed by atoms with Crippen LogP contribution in [0.3, 0.4) is 0 Å². The van der Waals surface area contributed by atoms with Crippen LogP contribution in [0.1, 0.15) is 41.3 Å². The molecule has 2 aliphatic rings. The second-order valence-corrected chi connectivity index (χ2v) is 12.0. The van der Waals surface area contributed by atoms with Crippen LogP contribution in [0.15, 0.2) is 48.5 Å².